The van der Waals surface area contributed by atoms with Crippen molar-refractivity contribution in [3.63, 3.8) is 0 Å². The van der Waals surface area contributed by atoms with Crippen molar-refractivity contribution in [1.82, 2.24) is 15.1 Å². The Morgan fingerprint density at radius 1 is 1.19 bits per heavy atom. The lowest BCUT2D eigenvalue weighted by Gasteiger charge is -2.27. The van der Waals surface area contributed by atoms with E-state index in [1.54, 1.807) is 0 Å². The van der Waals surface area contributed by atoms with Crippen LogP contribution in [0, 0.1) is 13.8 Å². The number of aryl methyl sites for hydroxylation is 2. The van der Waals surface area contributed by atoms with Crippen LogP contribution in [-0.4, -0.2) is 34.1 Å². The molecular weight excluding hydrogens is 202 g/mol. The molecule has 0 saturated carbocycles. The zero-order valence-corrected chi connectivity index (χ0v) is 9.86. The number of carbonyl (C=O) groups is 1. The number of rotatable bonds is 1. The average Bonchev–Trinajstić information content (AvgIpc) is 2.32. The maximum atomic E-state index is 12.2. The molecule has 1 saturated heterocycles. The van der Waals surface area contributed by atoms with Gasteiger partial charge in [-0.1, -0.05) is 0 Å². The van der Waals surface area contributed by atoms with Crippen molar-refractivity contribution >= 4 is 5.91 Å². The van der Waals surface area contributed by atoms with E-state index in [0.29, 0.717) is 5.56 Å². The molecular formula is C12H17N3O. The van der Waals surface area contributed by atoms with Gasteiger partial charge in [-0.3, -0.25) is 4.79 Å². The summed E-state index contributed by atoms with van der Waals surface area (Å²) >= 11 is 0. The molecule has 0 aromatic carbocycles. The number of likely N-dealkylation sites (tertiary alicyclic amines) is 1. The summed E-state index contributed by atoms with van der Waals surface area (Å²) < 4.78 is 0. The Labute approximate surface area is 95.7 Å². The van der Waals surface area contributed by atoms with Crippen molar-refractivity contribution in [3.8, 4) is 0 Å². The lowest BCUT2D eigenvalue weighted by Crippen LogP contribution is -2.36. The van der Waals surface area contributed by atoms with Gasteiger partial charge in [0, 0.05) is 13.1 Å². The molecule has 0 atom stereocenters. The lowest BCUT2D eigenvalue weighted by molar-refractivity contribution is 0.0722. The highest BCUT2D eigenvalue weighted by atomic mass is 16.2. The number of amides is 1. The molecule has 2 heterocycles. The molecule has 2 rings (SSSR count). The van der Waals surface area contributed by atoms with E-state index in [-0.39, 0.29) is 5.91 Å². The maximum Gasteiger partial charge on any atom is 0.255 e. The molecule has 0 spiro atoms. The number of hydrogen-bond acceptors (Lipinski definition) is 3. The van der Waals surface area contributed by atoms with Crippen molar-refractivity contribution in [3.05, 3.63) is 23.0 Å². The van der Waals surface area contributed by atoms with Crippen LogP contribution in [0.5, 0.6) is 0 Å². The van der Waals surface area contributed by atoms with Crippen molar-refractivity contribution < 1.29 is 4.79 Å². The summed E-state index contributed by atoms with van der Waals surface area (Å²) in [4.78, 5) is 14.2. The molecule has 4 nitrogen and oxygen atoms in total. The summed E-state index contributed by atoms with van der Waals surface area (Å²) in [6, 6.07) is 1.83. The smallest absolute Gasteiger partial charge is 0.255 e. The van der Waals surface area contributed by atoms with E-state index in [4.69, 9.17) is 0 Å². The van der Waals surface area contributed by atoms with Crippen LogP contribution in [0.2, 0.25) is 0 Å². The first kappa shape index (κ1) is 11.0. The van der Waals surface area contributed by atoms with Gasteiger partial charge in [0.2, 0.25) is 0 Å². The van der Waals surface area contributed by atoms with Crippen LogP contribution in [0.3, 0.4) is 0 Å². The summed E-state index contributed by atoms with van der Waals surface area (Å²) in [5.41, 5.74) is 2.22. The van der Waals surface area contributed by atoms with Gasteiger partial charge in [0.15, 0.2) is 0 Å². The molecule has 86 valence electrons. The normalized spacial score (nSPS) is 16.2. The molecule has 0 bridgehead atoms. The minimum Gasteiger partial charge on any atom is -0.339 e. The van der Waals surface area contributed by atoms with Crippen LogP contribution >= 0.6 is 0 Å². The molecule has 16 heavy (non-hydrogen) atoms. The molecule has 0 N–H and O–H groups in total. The number of hydrogen-bond donors (Lipinski definition) is 0. The number of carbonyl (C=O) groups excluding carboxylic acids is 1. The Morgan fingerprint density at radius 2 is 1.88 bits per heavy atom. The van der Waals surface area contributed by atoms with Crippen LogP contribution in [-0.2, 0) is 0 Å². The summed E-state index contributed by atoms with van der Waals surface area (Å²) in [6.45, 7) is 5.45. The highest BCUT2D eigenvalue weighted by molar-refractivity contribution is 5.95. The highest BCUT2D eigenvalue weighted by Crippen LogP contribution is 2.14. The predicted octanol–water partition coefficient (Wildman–Crippen LogP) is 1.72. The number of aromatic nitrogens is 2. The first-order chi connectivity index (χ1) is 7.68. The second-order valence-electron chi connectivity index (χ2n) is 4.34. The van der Waals surface area contributed by atoms with Crippen molar-refractivity contribution in [2.24, 2.45) is 0 Å². The summed E-state index contributed by atoms with van der Waals surface area (Å²) in [7, 11) is 0. The van der Waals surface area contributed by atoms with Crippen LogP contribution in [0.15, 0.2) is 6.07 Å². The van der Waals surface area contributed by atoms with Gasteiger partial charge in [0.25, 0.3) is 5.91 Å². The van der Waals surface area contributed by atoms with Crippen molar-refractivity contribution in [2.45, 2.75) is 33.1 Å². The van der Waals surface area contributed by atoms with Gasteiger partial charge in [-0.05, 0) is 39.2 Å². The fourth-order valence-corrected chi connectivity index (χ4v) is 2.03. The minimum absolute atomic E-state index is 0.107. The van der Waals surface area contributed by atoms with Crippen molar-refractivity contribution in [1.29, 1.82) is 0 Å². The predicted molar refractivity (Wildman–Crippen MR) is 61.3 cm³/mol. The van der Waals surface area contributed by atoms with Crippen LogP contribution in [0.4, 0.5) is 0 Å². The van der Waals surface area contributed by atoms with Gasteiger partial charge < -0.3 is 4.90 Å². The van der Waals surface area contributed by atoms with E-state index < -0.39 is 0 Å². The average molecular weight is 219 g/mol. The first-order valence-electron chi connectivity index (χ1n) is 5.78. The summed E-state index contributed by atoms with van der Waals surface area (Å²) in [6.07, 6.45) is 3.46. The molecule has 1 aromatic rings. The molecule has 1 fully saturated rings. The summed E-state index contributed by atoms with van der Waals surface area (Å²) in [5, 5.41) is 7.94. The zero-order chi connectivity index (χ0) is 11.5. The number of nitrogens with zero attached hydrogens (tertiary/aromatic N) is 3. The van der Waals surface area contributed by atoms with Gasteiger partial charge in [-0.2, -0.15) is 10.2 Å². The van der Waals surface area contributed by atoms with Crippen LogP contribution < -0.4 is 0 Å². The van der Waals surface area contributed by atoms with Crippen LogP contribution in [0.25, 0.3) is 0 Å². The number of piperidine rings is 1. The Balaban J connectivity index is 2.22. The van der Waals surface area contributed by atoms with Gasteiger partial charge in [-0.15, -0.1) is 0 Å². The Kier molecular flexibility index (Phi) is 3.17. The second-order valence-corrected chi connectivity index (χ2v) is 4.34. The quantitative estimate of drug-likeness (QED) is 0.722. The third-order valence-corrected chi connectivity index (χ3v) is 2.97. The van der Waals surface area contributed by atoms with Crippen molar-refractivity contribution in [2.75, 3.05) is 13.1 Å². The summed E-state index contributed by atoms with van der Waals surface area (Å²) in [5.74, 6) is 0.107. The molecule has 1 aliphatic heterocycles. The van der Waals surface area contributed by atoms with E-state index in [1.165, 1.54) is 6.42 Å². The minimum atomic E-state index is 0.107. The second kappa shape index (κ2) is 4.60. The molecule has 1 aromatic heterocycles. The van der Waals surface area contributed by atoms with E-state index in [0.717, 1.165) is 37.3 Å². The van der Waals surface area contributed by atoms with E-state index in [1.807, 2.05) is 24.8 Å². The third-order valence-electron chi connectivity index (χ3n) is 2.97. The van der Waals surface area contributed by atoms with Gasteiger partial charge >= 0.3 is 0 Å². The van der Waals surface area contributed by atoms with E-state index >= 15 is 0 Å². The molecule has 0 radical (unpaired) electrons. The highest BCUT2D eigenvalue weighted by Gasteiger charge is 2.20. The molecule has 0 aliphatic carbocycles. The fraction of sp³-hybridized carbons (Fsp3) is 0.583. The molecule has 1 aliphatic rings. The standard InChI is InChI=1S/C12H17N3O/c1-9-8-11(10(2)14-13-9)12(16)15-6-4-3-5-7-15/h8H,3-7H2,1-2H3. The fourth-order valence-electron chi connectivity index (χ4n) is 2.03. The van der Waals surface area contributed by atoms with E-state index in [2.05, 4.69) is 10.2 Å². The third kappa shape index (κ3) is 2.21. The topological polar surface area (TPSA) is 46.1 Å². The Morgan fingerprint density at radius 3 is 2.56 bits per heavy atom. The lowest BCUT2D eigenvalue weighted by atomic mass is 10.1. The zero-order valence-electron chi connectivity index (χ0n) is 9.86. The molecule has 1 amide bonds. The van der Waals surface area contributed by atoms with E-state index in [9.17, 15) is 4.79 Å². The Hall–Kier alpha value is -1.45. The maximum absolute atomic E-state index is 12.2. The largest absolute Gasteiger partial charge is 0.339 e. The van der Waals surface area contributed by atoms with Crippen LogP contribution in [0.1, 0.15) is 41.0 Å². The molecule has 0 unspecified atom stereocenters. The molecule has 4 heteroatoms. The van der Waals surface area contributed by atoms with Gasteiger partial charge in [-0.25, -0.2) is 0 Å². The van der Waals surface area contributed by atoms with Gasteiger partial charge in [0.1, 0.15) is 0 Å². The van der Waals surface area contributed by atoms with Gasteiger partial charge in [0.05, 0.1) is 17.0 Å². The Bertz CT molecular complexity index is 397. The first-order valence-corrected chi connectivity index (χ1v) is 5.78. The SMILES string of the molecule is Cc1cc(C(=O)N2CCCCC2)c(C)nn1. The monoisotopic (exact) mass is 219 g/mol.